The lowest BCUT2D eigenvalue weighted by Gasteiger charge is -2.28. The van der Waals surface area contributed by atoms with Crippen LogP contribution in [0.3, 0.4) is 0 Å². The smallest absolute Gasteiger partial charge is 0.120 e. The van der Waals surface area contributed by atoms with Gasteiger partial charge in [0.05, 0.1) is 6.61 Å². The minimum Gasteiger partial charge on any atom is -0.391 e. The summed E-state index contributed by atoms with van der Waals surface area (Å²) in [7, 11) is 2.04. The molecule has 0 amide bonds. The summed E-state index contributed by atoms with van der Waals surface area (Å²) < 4.78 is 5.30. The molecule has 0 radical (unpaired) electrons. The largest absolute Gasteiger partial charge is 0.391 e. The number of thiocarbonyl (C=S) groups is 1. The van der Waals surface area contributed by atoms with Crippen LogP contribution < -0.4 is 5.73 Å². The molecule has 1 atom stereocenters. The predicted molar refractivity (Wildman–Crippen MR) is 44.0 cm³/mol. The molecule has 0 aromatic heterocycles. The van der Waals surface area contributed by atoms with Crippen molar-refractivity contribution < 1.29 is 4.74 Å². The standard InChI is InChI=1S/C6H12N2OS/c1-8-2-3-9-5(4-8)6(7)10/h5H,2-4H2,1H3,(H2,7,10). The maximum Gasteiger partial charge on any atom is 0.120 e. The second kappa shape index (κ2) is 3.27. The molecule has 1 rings (SSSR count). The highest BCUT2D eigenvalue weighted by Crippen LogP contribution is 2.02. The van der Waals surface area contributed by atoms with E-state index in [0.717, 1.165) is 19.7 Å². The van der Waals surface area contributed by atoms with Crippen LogP contribution in [0.5, 0.6) is 0 Å². The highest BCUT2D eigenvalue weighted by atomic mass is 32.1. The van der Waals surface area contributed by atoms with Crippen molar-refractivity contribution in [2.45, 2.75) is 6.10 Å². The van der Waals surface area contributed by atoms with Gasteiger partial charge in [-0.15, -0.1) is 0 Å². The maximum absolute atomic E-state index is 5.41. The fourth-order valence-corrected chi connectivity index (χ4v) is 1.09. The Hall–Kier alpha value is -0.190. The number of ether oxygens (including phenoxy) is 1. The highest BCUT2D eigenvalue weighted by Gasteiger charge is 2.19. The van der Waals surface area contributed by atoms with Crippen molar-refractivity contribution in [1.82, 2.24) is 4.90 Å². The predicted octanol–water partition coefficient (Wildman–Crippen LogP) is -0.397. The summed E-state index contributed by atoms with van der Waals surface area (Å²) in [5.74, 6) is 0. The third kappa shape index (κ3) is 1.90. The third-order valence-electron chi connectivity index (χ3n) is 1.59. The number of nitrogens with zero attached hydrogens (tertiary/aromatic N) is 1. The van der Waals surface area contributed by atoms with Gasteiger partial charge >= 0.3 is 0 Å². The van der Waals surface area contributed by atoms with Crippen molar-refractivity contribution in [3.05, 3.63) is 0 Å². The highest BCUT2D eigenvalue weighted by molar-refractivity contribution is 7.80. The SMILES string of the molecule is CN1CCOC(C(N)=S)C1. The van der Waals surface area contributed by atoms with E-state index in [-0.39, 0.29) is 6.10 Å². The summed E-state index contributed by atoms with van der Waals surface area (Å²) in [5.41, 5.74) is 5.41. The minimum atomic E-state index is -0.0336. The van der Waals surface area contributed by atoms with Crippen molar-refractivity contribution in [2.24, 2.45) is 5.73 Å². The van der Waals surface area contributed by atoms with Crippen LogP contribution in [0.1, 0.15) is 0 Å². The molecule has 0 aliphatic carbocycles. The van der Waals surface area contributed by atoms with Crippen LogP contribution in [0.2, 0.25) is 0 Å². The molecule has 4 heteroatoms. The zero-order valence-electron chi connectivity index (χ0n) is 6.04. The minimum absolute atomic E-state index is 0.0336. The monoisotopic (exact) mass is 160 g/mol. The topological polar surface area (TPSA) is 38.5 Å². The first-order valence-electron chi connectivity index (χ1n) is 3.29. The van der Waals surface area contributed by atoms with E-state index in [1.807, 2.05) is 7.05 Å². The van der Waals surface area contributed by atoms with Gasteiger partial charge in [0.25, 0.3) is 0 Å². The summed E-state index contributed by atoms with van der Waals surface area (Å²) >= 11 is 4.79. The Morgan fingerprint density at radius 1 is 1.80 bits per heavy atom. The number of hydrogen-bond donors (Lipinski definition) is 1. The Labute approximate surface area is 66.1 Å². The molecular formula is C6H12N2OS. The average molecular weight is 160 g/mol. The second-order valence-electron chi connectivity index (χ2n) is 2.52. The van der Waals surface area contributed by atoms with Crippen LogP contribution in [0.25, 0.3) is 0 Å². The molecule has 0 spiro atoms. The molecule has 3 nitrogen and oxygen atoms in total. The number of likely N-dealkylation sites (N-methyl/N-ethyl adjacent to an activating group) is 1. The van der Waals surface area contributed by atoms with Crippen molar-refractivity contribution >= 4 is 17.2 Å². The van der Waals surface area contributed by atoms with Gasteiger partial charge in [0, 0.05) is 13.1 Å². The normalized spacial score (nSPS) is 28.3. The second-order valence-corrected chi connectivity index (χ2v) is 3.00. The molecule has 58 valence electrons. The van der Waals surface area contributed by atoms with Crippen molar-refractivity contribution in [1.29, 1.82) is 0 Å². The molecule has 0 bridgehead atoms. The van der Waals surface area contributed by atoms with Crippen LogP contribution in [0, 0.1) is 0 Å². The van der Waals surface area contributed by atoms with Gasteiger partial charge in [0.1, 0.15) is 11.1 Å². The van der Waals surface area contributed by atoms with E-state index < -0.39 is 0 Å². The average Bonchev–Trinajstić information content (AvgIpc) is 1.88. The first-order chi connectivity index (χ1) is 4.70. The fraction of sp³-hybridized carbons (Fsp3) is 0.833. The van der Waals surface area contributed by atoms with Crippen molar-refractivity contribution in [2.75, 3.05) is 26.7 Å². The summed E-state index contributed by atoms with van der Waals surface area (Å²) in [5, 5.41) is 0. The zero-order chi connectivity index (χ0) is 7.56. The molecule has 1 aliphatic rings. The summed E-state index contributed by atoms with van der Waals surface area (Å²) in [6, 6.07) is 0. The number of nitrogens with two attached hydrogens (primary N) is 1. The van der Waals surface area contributed by atoms with Gasteiger partial charge in [-0.05, 0) is 7.05 Å². The van der Waals surface area contributed by atoms with Gasteiger partial charge in [0.15, 0.2) is 0 Å². The van der Waals surface area contributed by atoms with Crippen LogP contribution in [-0.2, 0) is 4.74 Å². The lowest BCUT2D eigenvalue weighted by molar-refractivity contribution is 0.0180. The molecule has 0 saturated carbocycles. The Kier molecular flexibility index (Phi) is 2.59. The molecule has 1 saturated heterocycles. The van der Waals surface area contributed by atoms with Crippen molar-refractivity contribution in [3.8, 4) is 0 Å². The zero-order valence-corrected chi connectivity index (χ0v) is 6.86. The van der Waals surface area contributed by atoms with Gasteiger partial charge < -0.3 is 15.4 Å². The van der Waals surface area contributed by atoms with Gasteiger partial charge in [-0.3, -0.25) is 0 Å². The molecule has 1 unspecified atom stereocenters. The third-order valence-corrected chi connectivity index (χ3v) is 1.85. The molecular weight excluding hydrogens is 148 g/mol. The molecule has 10 heavy (non-hydrogen) atoms. The Balaban J connectivity index is 2.39. The molecule has 1 heterocycles. The van der Waals surface area contributed by atoms with Gasteiger partial charge in [-0.2, -0.15) is 0 Å². The van der Waals surface area contributed by atoms with E-state index in [1.165, 1.54) is 0 Å². The van der Waals surface area contributed by atoms with E-state index >= 15 is 0 Å². The van der Waals surface area contributed by atoms with E-state index in [1.54, 1.807) is 0 Å². The Bertz CT molecular complexity index is 140. The lowest BCUT2D eigenvalue weighted by Crippen LogP contribution is -2.45. The van der Waals surface area contributed by atoms with Crippen LogP contribution in [0.4, 0.5) is 0 Å². The molecule has 0 aromatic rings. The Morgan fingerprint density at radius 3 is 2.90 bits per heavy atom. The van der Waals surface area contributed by atoms with Crippen LogP contribution in [-0.4, -0.2) is 42.7 Å². The number of hydrogen-bond acceptors (Lipinski definition) is 3. The quantitative estimate of drug-likeness (QED) is 0.530. The van der Waals surface area contributed by atoms with Gasteiger partial charge in [-0.25, -0.2) is 0 Å². The summed E-state index contributed by atoms with van der Waals surface area (Å²) in [6.07, 6.45) is -0.0336. The van der Waals surface area contributed by atoms with E-state index in [2.05, 4.69) is 4.90 Å². The molecule has 1 aliphatic heterocycles. The maximum atomic E-state index is 5.41. The first-order valence-corrected chi connectivity index (χ1v) is 3.70. The fourth-order valence-electron chi connectivity index (χ4n) is 0.950. The van der Waals surface area contributed by atoms with Gasteiger partial charge in [-0.1, -0.05) is 12.2 Å². The van der Waals surface area contributed by atoms with Crippen molar-refractivity contribution in [3.63, 3.8) is 0 Å². The van der Waals surface area contributed by atoms with E-state index in [0.29, 0.717) is 4.99 Å². The van der Waals surface area contributed by atoms with Gasteiger partial charge in [0.2, 0.25) is 0 Å². The number of rotatable bonds is 1. The van der Waals surface area contributed by atoms with E-state index in [4.69, 9.17) is 22.7 Å². The van der Waals surface area contributed by atoms with Crippen LogP contribution in [0.15, 0.2) is 0 Å². The molecule has 1 fully saturated rings. The summed E-state index contributed by atoms with van der Waals surface area (Å²) in [4.78, 5) is 2.62. The summed E-state index contributed by atoms with van der Waals surface area (Å²) in [6.45, 7) is 2.53. The lowest BCUT2D eigenvalue weighted by atomic mass is 10.3. The Morgan fingerprint density at radius 2 is 2.50 bits per heavy atom. The van der Waals surface area contributed by atoms with Crippen LogP contribution >= 0.6 is 12.2 Å². The molecule has 0 aromatic carbocycles. The van der Waals surface area contributed by atoms with E-state index in [9.17, 15) is 0 Å². The molecule has 2 N–H and O–H groups in total. The number of morpholine rings is 1. The first kappa shape index (κ1) is 7.91.